The Hall–Kier alpha value is -2.71. The summed E-state index contributed by atoms with van der Waals surface area (Å²) in [6.07, 6.45) is -2.78. The van der Waals surface area contributed by atoms with Crippen LogP contribution in [-0.4, -0.2) is 93.8 Å². The number of aliphatic hydroxyl groups is 2. The van der Waals surface area contributed by atoms with Gasteiger partial charge in [0.2, 0.25) is 17.7 Å². The fraction of sp³-hybridized carbons (Fsp3) is 0.727. The standard InChI is InChI=1S/C22H37N3O10S/c1-13(26)11-18(30)36-10-9-23-16(28)7-8-24-20(32)19(31)22(3,4)12-35-17(29)6-5-15(21(33)34)25-14(2)27/h13,15,19,26,31H,5-12H2,1-4H3,(H,23,28)(H,24,32)(H,25,27)(H,33,34)/t13-,15+,19+/m1/s1. The number of ether oxygens (including phenoxy) is 1. The van der Waals surface area contributed by atoms with E-state index >= 15 is 0 Å². The second kappa shape index (κ2) is 16.9. The van der Waals surface area contributed by atoms with E-state index in [1.807, 2.05) is 0 Å². The van der Waals surface area contributed by atoms with E-state index in [1.165, 1.54) is 20.8 Å². The van der Waals surface area contributed by atoms with Gasteiger partial charge >= 0.3 is 11.9 Å². The van der Waals surface area contributed by atoms with Crippen LogP contribution in [0.3, 0.4) is 0 Å². The van der Waals surface area contributed by atoms with Crippen LogP contribution >= 0.6 is 11.8 Å². The van der Waals surface area contributed by atoms with E-state index in [0.717, 1.165) is 18.7 Å². The number of aliphatic carboxylic acids is 1. The van der Waals surface area contributed by atoms with Crippen molar-refractivity contribution >= 4 is 46.5 Å². The average Bonchev–Trinajstić information content (AvgIpc) is 2.76. The molecule has 0 aromatic carbocycles. The fourth-order valence-electron chi connectivity index (χ4n) is 2.68. The smallest absolute Gasteiger partial charge is 0.326 e. The van der Waals surface area contributed by atoms with Crippen LogP contribution in [-0.2, 0) is 33.5 Å². The van der Waals surface area contributed by atoms with Crippen LogP contribution in [0.15, 0.2) is 0 Å². The Morgan fingerprint density at radius 2 is 1.64 bits per heavy atom. The predicted octanol–water partition coefficient (Wildman–Crippen LogP) is -1.06. The molecule has 0 heterocycles. The Labute approximate surface area is 214 Å². The Morgan fingerprint density at radius 1 is 1.00 bits per heavy atom. The number of carbonyl (C=O) groups is 6. The average molecular weight is 536 g/mol. The maximum Gasteiger partial charge on any atom is 0.326 e. The zero-order chi connectivity index (χ0) is 27.9. The van der Waals surface area contributed by atoms with Gasteiger partial charge in [-0.25, -0.2) is 4.79 Å². The van der Waals surface area contributed by atoms with Gasteiger partial charge in [0.15, 0.2) is 5.12 Å². The van der Waals surface area contributed by atoms with Gasteiger partial charge < -0.3 is 36.0 Å². The lowest BCUT2D eigenvalue weighted by atomic mass is 9.87. The third-order valence-corrected chi connectivity index (χ3v) is 5.60. The van der Waals surface area contributed by atoms with Crippen molar-refractivity contribution in [2.24, 2.45) is 5.41 Å². The maximum atomic E-state index is 12.2. The minimum atomic E-state index is -1.56. The van der Waals surface area contributed by atoms with Gasteiger partial charge in [-0.3, -0.25) is 24.0 Å². The van der Waals surface area contributed by atoms with Crippen LogP contribution < -0.4 is 16.0 Å². The number of carbonyl (C=O) groups excluding carboxylic acids is 5. The van der Waals surface area contributed by atoms with Crippen molar-refractivity contribution in [2.45, 2.75) is 71.6 Å². The highest BCUT2D eigenvalue weighted by Crippen LogP contribution is 2.22. The summed E-state index contributed by atoms with van der Waals surface area (Å²) < 4.78 is 5.06. The molecule has 0 saturated heterocycles. The summed E-state index contributed by atoms with van der Waals surface area (Å²) in [5.41, 5.74) is -1.18. The Kier molecular flexibility index (Phi) is 15.6. The predicted molar refractivity (Wildman–Crippen MR) is 130 cm³/mol. The Morgan fingerprint density at radius 3 is 2.19 bits per heavy atom. The van der Waals surface area contributed by atoms with Crippen LogP contribution in [0.4, 0.5) is 0 Å². The van der Waals surface area contributed by atoms with Crippen molar-refractivity contribution in [1.29, 1.82) is 0 Å². The summed E-state index contributed by atoms with van der Waals surface area (Å²) in [6, 6.07) is -1.24. The molecular weight excluding hydrogens is 498 g/mol. The zero-order valence-electron chi connectivity index (χ0n) is 21.0. The Bertz CT molecular complexity index is 788. The van der Waals surface area contributed by atoms with Gasteiger partial charge in [-0.1, -0.05) is 25.6 Å². The molecule has 0 rings (SSSR count). The molecule has 3 amide bonds. The first-order valence-electron chi connectivity index (χ1n) is 11.4. The first kappa shape index (κ1) is 33.3. The molecule has 0 fully saturated rings. The first-order valence-corrected chi connectivity index (χ1v) is 12.4. The van der Waals surface area contributed by atoms with Crippen molar-refractivity contribution < 1.29 is 48.8 Å². The highest BCUT2D eigenvalue weighted by molar-refractivity contribution is 8.13. The van der Waals surface area contributed by atoms with Gasteiger partial charge in [0.05, 0.1) is 12.7 Å². The highest BCUT2D eigenvalue weighted by Gasteiger charge is 2.35. The number of hydrogen-bond acceptors (Lipinski definition) is 10. The van der Waals surface area contributed by atoms with Gasteiger partial charge in [0.25, 0.3) is 0 Å². The molecule has 36 heavy (non-hydrogen) atoms. The summed E-state index contributed by atoms with van der Waals surface area (Å²) >= 11 is 1.00. The van der Waals surface area contributed by atoms with E-state index in [9.17, 15) is 33.9 Å². The number of amides is 3. The summed E-state index contributed by atoms with van der Waals surface area (Å²) in [5, 5.41) is 35.5. The minimum absolute atomic E-state index is 0.0340. The quantitative estimate of drug-likeness (QED) is 0.0976. The minimum Gasteiger partial charge on any atom is -0.480 e. The molecule has 6 N–H and O–H groups in total. The second-order valence-electron chi connectivity index (χ2n) is 8.85. The topological polar surface area (TPSA) is 208 Å². The third-order valence-electron chi connectivity index (χ3n) is 4.71. The fourth-order valence-corrected chi connectivity index (χ4v) is 3.47. The zero-order valence-corrected chi connectivity index (χ0v) is 21.8. The number of carboxylic acids is 1. The molecule has 0 bridgehead atoms. The van der Waals surface area contributed by atoms with Crippen molar-refractivity contribution in [3.63, 3.8) is 0 Å². The first-order chi connectivity index (χ1) is 16.7. The molecule has 0 aliphatic carbocycles. The van der Waals surface area contributed by atoms with Crippen LogP contribution in [0, 0.1) is 5.41 Å². The van der Waals surface area contributed by atoms with E-state index in [1.54, 1.807) is 0 Å². The molecule has 0 aliphatic heterocycles. The summed E-state index contributed by atoms with van der Waals surface area (Å²) in [5.74, 6) is -3.38. The van der Waals surface area contributed by atoms with Crippen LogP contribution in [0.2, 0.25) is 0 Å². The molecule has 14 heteroatoms. The number of carboxylic acid groups (broad SMARTS) is 1. The SMILES string of the molecule is CC(=O)N[C@@H](CCC(=O)OCC(C)(C)[C@@H](O)C(=O)NCCC(=O)NCCSC(=O)C[C@@H](C)O)C(=O)O. The molecule has 206 valence electrons. The molecule has 0 aromatic rings. The molecule has 3 atom stereocenters. The number of aliphatic hydroxyl groups excluding tert-OH is 2. The van der Waals surface area contributed by atoms with E-state index in [0.29, 0.717) is 5.75 Å². The molecule has 0 aliphatic rings. The van der Waals surface area contributed by atoms with Crippen molar-refractivity contribution in [3.8, 4) is 0 Å². The maximum absolute atomic E-state index is 12.2. The van der Waals surface area contributed by atoms with E-state index in [4.69, 9.17) is 14.9 Å². The number of hydrogen-bond donors (Lipinski definition) is 6. The third kappa shape index (κ3) is 15.3. The van der Waals surface area contributed by atoms with Gasteiger partial charge in [0, 0.05) is 50.4 Å². The Balaban J connectivity index is 4.30. The van der Waals surface area contributed by atoms with Crippen LogP contribution in [0.1, 0.15) is 53.4 Å². The molecule has 0 radical (unpaired) electrons. The largest absolute Gasteiger partial charge is 0.480 e. The van der Waals surface area contributed by atoms with Gasteiger partial charge in [-0.2, -0.15) is 0 Å². The number of rotatable bonds is 17. The molecular formula is C22H37N3O10S. The second-order valence-corrected chi connectivity index (χ2v) is 10.00. The molecule has 13 nitrogen and oxygen atoms in total. The van der Waals surface area contributed by atoms with Gasteiger partial charge in [0.1, 0.15) is 12.1 Å². The number of esters is 1. The highest BCUT2D eigenvalue weighted by atomic mass is 32.2. The summed E-state index contributed by atoms with van der Waals surface area (Å²) in [6.45, 7) is 5.50. The molecule has 0 saturated carbocycles. The lowest BCUT2D eigenvalue weighted by Crippen LogP contribution is -2.47. The summed E-state index contributed by atoms with van der Waals surface area (Å²) in [7, 11) is 0. The lowest BCUT2D eigenvalue weighted by Gasteiger charge is -2.29. The summed E-state index contributed by atoms with van der Waals surface area (Å²) in [4.78, 5) is 69.6. The van der Waals surface area contributed by atoms with E-state index in [2.05, 4.69) is 16.0 Å². The van der Waals surface area contributed by atoms with E-state index < -0.39 is 47.4 Å². The van der Waals surface area contributed by atoms with Gasteiger partial charge in [-0.05, 0) is 13.3 Å². The van der Waals surface area contributed by atoms with Crippen molar-refractivity contribution in [2.75, 3.05) is 25.4 Å². The monoisotopic (exact) mass is 535 g/mol. The van der Waals surface area contributed by atoms with Gasteiger partial charge in [-0.15, -0.1) is 0 Å². The lowest BCUT2D eigenvalue weighted by molar-refractivity contribution is -0.154. The van der Waals surface area contributed by atoms with Crippen LogP contribution in [0.5, 0.6) is 0 Å². The molecule has 0 unspecified atom stereocenters. The molecule has 0 spiro atoms. The van der Waals surface area contributed by atoms with Crippen molar-refractivity contribution in [1.82, 2.24) is 16.0 Å². The normalized spacial score (nSPS) is 13.6. The van der Waals surface area contributed by atoms with Crippen LogP contribution in [0.25, 0.3) is 0 Å². The number of nitrogens with one attached hydrogen (secondary N) is 3. The van der Waals surface area contributed by atoms with E-state index in [-0.39, 0.29) is 56.4 Å². The molecule has 0 aromatic heterocycles. The van der Waals surface area contributed by atoms with Crippen molar-refractivity contribution in [3.05, 3.63) is 0 Å². The number of thioether (sulfide) groups is 1.